The number of aromatic nitrogens is 3. The maximum atomic E-state index is 12.9. The van der Waals surface area contributed by atoms with Gasteiger partial charge in [0.15, 0.2) is 5.69 Å². The first-order chi connectivity index (χ1) is 8.99. The van der Waals surface area contributed by atoms with Crippen LogP contribution >= 0.6 is 11.6 Å². The number of hydrogen-bond acceptors (Lipinski definition) is 3. The Morgan fingerprint density at radius 1 is 1.47 bits per heavy atom. The highest BCUT2D eigenvalue weighted by atomic mass is 35.5. The summed E-state index contributed by atoms with van der Waals surface area (Å²) in [5, 5.41) is 15.9. The minimum absolute atomic E-state index is 0.0273. The lowest BCUT2D eigenvalue weighted by atomic mass is 10.2. The number of benzene rings is 1. The Morgan fingerprint density at radius 2 is 2.21 bits per heavy atom. The molecule has 2 rings (SSSR count). The molecule has 0 aliphatic carbocycles. The summed E-state index contributed by atoms with van der Waals surface area (Å²) in [6.45, 7) is -0.0273. The standard InChI is InChI=1S/C11H8ClF2N3O2/c12-7-3-1-2-6(4-7)5-17-9(10(13)14)8(11(18)19)15-16-17/h1-4,10H,5H2,(H,18,19). The molecule has 0 aliphatic rings. The quantitative estimate of drug-likeness (QED) is 0.938. The van der Waals surface area contributed by atoms with Crippen LogP contribution < -0.4 is 0 Å². The highest BCUT2D eigenvalue weighted by Gasteiger charge is 2.26. The molecule has 0 fully saturated rings. The molecule has 1 aromatic carbocycles. The van der Waals surface area contributed by atoms with Crippen LogP contribution in [0.2, 0.25) is 5.02 Å². The van der Waals surface area contributed by atoms with E-state index in [2.05, 4.69) is 10.3 Å². The largest absolute Gasteiger partial charge is 0.476 e. The number of carboxylic acid groups (broad SMARTS) is 1. The third kappa shape index (κ3) is 2.87. The van der Waals surface area contributed by atoms with Crippen LogP contribution in [0.4, 0.5) is 8.78 Å². The maximum Gasteiger partial charge on any atom is 0.358 e. The predicted octanol–water partition coefficient (Wildman–Crippen LogP) is 2.62. The molecule has 0 amide bonds. The Morgan fingerprint density at radius 3 is 2.79 bits per heavy atom. The van der Waals surface area contributed by atoms with Crippen molar-refractivity contribution < 1.29 is 18.7 Å². The van der Waals surface area contributed by atoms with Crippen LogP contribution in [0.3, 0.4) is 0 Å². The second kappa shape index (κ2) is 5.31. The van der Waals surface area contributed by atoms with Crippen LogP contribution in [0.25, 0.3) is 0 Å². The van der Waals surface area contributed by atoms with Crippen molar-refractivity contribution in [2.45, 2.75) is 13.0 Å². The second-order valence-electron chi connectivity index (χ2n) is 3.72. The van der Waals surface area contributed by atoms with Crippen molar-refractivity contribution in [3.05, 3.63) is 46.2 Å². The number of alkyl halides is 2. The van der Waals surface area contributed by atoms with Gasteiger partial charge in [0.2, 0.25) is 0 Å². The van der Waals surface area contributed by atoms with E-state index >= 15 is 0 Å². The van der Waals surface area contributed by atoms with Gasteiger partial charge in [-0.25, -0.2) is 18.3 Å². The van der Waals surface area contributed by atoms with E-state index in [4.69, 9.17) is 16.7 Å². The van der Waals surface area contributed by atoms with Crippen LogP contribution in [0.15, 0.2) is 24.3 Å². The van der Waals surface area contributed by atoms with E-state index in [1.54, 1.807) is 24.3 Å². The van der Waals surface area contributed by atoms with E-state index < -0.39 is 23.8 Å². The SMILES string of the molecule is O=C(O)c1nnn(Cc2cccc(Cl)c2)c1C(F)F. The molecule has 5 nitrogen and oxygen atoms in total. The van der Waals surface area contributed by atoms with Crippen molar-refractivity contribution in [3.63, 3.8) is 0 Å². The third-order valence-electron chi connectivity index (χ3n) is 2.40. The number of aromatic carboxylic acids is 1. The summed E-state index contributed by atoms with van der Waals surface area (Å²) in [7, 11) is 0. The zero-order valence-corrected chi connectivity index (χ0v) is 10.2. The van der Waals surface area contributed by atoms with Gasteiger partial charge in [-0.1, -0.05) is 28.9 Å². The molecule has 0 atom stereocenters. The van der Waals surface area contributed by atoms with Crippen LogP contribution in [0, 0.1) is 0 Å². The van der Waals surface area contributed by atoms with Crippen LogP contribution in [-0.2, 0) is 6.54 Å². The molecule has 0 radical (unpaired) electrons. The molecule has 19 heavy (non-hydrogen) atoms. The van der Waals surface area contributed by atoms with Gasteiger partial charge in [-0.05, 0) is 17.7 Å². The summed E-state index contributed by atoms with van der Waals surface area (Å²) in [5.74, 6) is -1.53. The molecule has 1 heterocycles. The lowest BCUT2D eigenvalue weighted by molar-refractivity contribution is 0.0675. The fourth-order valence-electron chi connectivity index (χ4n) is 1.61. The summed E-state index contributed by atoms with van der Waals surface area (Å²) in [4.78, 5) is 10.8. The van der Waals surface area contributed by atoms with E-state index in [0.29, 0.717) is 10.6 Å². The third-order valence-corrected chi connectivity index (χ3v) is 2.64. The highest BCUT2D eigenvalue weighted by molar-refractivity contribution is 6.30. The molecule has 0 aliphatic heterocycles. The molecule has 0 saturated heterocycles. The Bertz CT molecular complexity index is 616. The topological polar surface area (TPSA) is 68.0 Å². The number of carboxylic acids is 1. The van der Waals surface area contributed by atoms with Gasteiger partial charge in [-0.2, -0.15) is 0 Å². The average Bonchev–Trinajstić information content (AvgIpc) is 2.73. The molecule has 0 unspecified atom stereocenters. The minimum Gasteiger partial charge on any atom is -0.476 e. The molecule has 100 valence electrons. The molecule has 2 aromatic rings. The summed E-state index contributed by atoms with van der Waals surface area (Å²) in [6.07, 6.45) is -2.97. The van der Waals surface area contributed by atoms with Crippen LogP contribution in [0.5, 0.6) is 0 Å². The van der Waals surface area contributed by atoms with E-state index in [0.717, 1.165) is 4.68 Å². The van der Waals surface area contributed by atoms with Crippen LogP contribution in [0.1, 0.15) is 28.2 Å². The number of nitrogens with zero attached hydrogens (tertiary/aromatic N) is 3. The molecular formula is C11H8ClF2N3O2. The zero-order chi connectivity index (χ0) is 14.0. The first-order valence-electron chi connectivity index (χ1n) is 5.18. The fourth-order valence-corrected chi connectivity index (χ4v) is 1.83. The van der Waals surface area contributed by atoms with E-state index in [1.165, 1.54) is 0 Å². The number of hydrogen-bond donors (Lipinski definition) is 1. The summed E-state index contributed by atoms with van der Waals surface area (Å²) >= 11 is 5.78. The first kappa shape index (κ1) is 13.4. The minimum atomic E-state index is -2.97. The van der Waals surface area contributed by atoms with Gasteiger partial charge in [0.1, 0.15) is 5.69 Å². The summed E-state index contributed by atoms with van der Waals surface area (Å²) in [5.41, 5.74) is -0.833. The number of rotatable bonds is 4. The Hall–Kier alpha value is -2.02. The molecular weight excluding hydrogens is 280 g/mol. The molecule has 0 spiro atoms. The second-order valence-corrected chi connectivity index (χ2v) is 4.15. The molecule has 1 aromatic heterocycles. The molecule has 0 bridgehead atoms. The zero-order valence-electron chi connectivity index (χ0n) is 9.42. The molecule has 1 N–H and O–H groups in total. The smallest absolute Gasteiger partial charge is 0.358 e. The van der Waals surface area contributed by atoms with Crippen molar-refractivity contribution in [1.82, 2.24) is 15.0 Å². The van der Waals surface area contributed by atoms with Gasteiger partial charge in [-0.15, -0.1) is 5.10 Å². The summed E-state index contributed by atoms with van der Waals surface area (Å²) < 4.78 is 26.6. The van der Waals surface area contributed by atoms with Gasteiger partial charge < -0.3 is 5.11 Å². The Kier molecular flexibility index (Phi) is 3.75. The Labute approximate surface area is 111 Å². The van der Waals surface area contributed by atoms with E-state index in [1.807, 2.05) is 0 Å². The van der Waals surface area contributed by atoms with Gasteiger partial charge in [0.05, 0.1) is 6.54 Å². The monoisotopic (exact) mass is 287 g/mol. The van der Waals surface area contributed by atoms with Gasteiger partial charge in [0, 0.05) is 5.02 Å². The molecule has 0 saturated carbocycles. The van der Waals surface area contributed by atoms with Crippen molar-refractivity contribution in [2.24, 2.45) is 0 Å². The normalized spacial score (nSPS) is 10.9. The van der Waals surface area contributed by atoms with E-state index in [9.17, 15) is 13.6 Å². The average molecular weight is 288 g/mol. The van der Waals surface area contributed by atoms with Crippen molar-refractivity contribution in [2.75, 3.05) is 0 Å². The van der Waals surface area contributed by atoms with Gasteiger partial charge in [-0.3, -0.25) is 0 Å². The highest BCUT2D eigenvalue weighted by Crippen LogP contribution is 2.22. The fraction of sp³-hybridized carbons (Fsp3) is 0.182. The summed E-state index contributed by atoms with van der Waals surface area (Å²) in [6, 6.07) is 6.56. The predicted molar refractivity (Wildman–Crippen MR) is 62.5 cm³/mol. The van der Waals surface area contributed by atoms with E-state index in [-0.39, 0.29) is 6.54 Å². The molecule has 8 heteroatoms. The number of halogens is 3. The van der Waals surface area contributed by atoms with Crippen molar-refractivity contribution >= 4 is 17.6 Å². The lowest BCUT2D eigenvalue weighted by Gasteiger charge is -2.06. The first-order valence-corrected chi connectivity index (χ1v) is 5.56. The van der Waals surface area contributed by atoms with Crippen molar-refractivity contribution in [1.29, 1.82) is 0 Å². The number of carbonyl (C=O) groups is 1. The Balaban J connectivity index is 2.38. The maximum absolute atomic E-state index is 12.9. The van der Waals surface area contributed by atoms with Crippen molar-refractivity contribution in [3.8, 4) is 0 Å². The lowest BCUT2D eigenvalue weighted by Crippen LogP contribution is -2.09. The van der Waals surface area contributed by atoms with Crippen LogP contribution in [-0.4, -0.2) is 26.1 Å². The van der Waals surface area contributed by atoms with Gasteiger partial charge in [0.25, 0.3) is 6.43 Å². The van der Waals surface area contributed by atoms with Gasteiger partial charge >= 0.3 is 5.97 Å².